The summed E-state index contributed by atoms with van der Waals surface area (Å²) in [7, 11) is 0. The summed E-state index contributed by atoms with van der Waals surface area (Å²) in [5.41, 5.74) is 3.10. The number of aromatic nitrogens is 2. The second kappa shape index (κ2) is 4.20. The summed E-state index contributed by atoms with van der Waals surface area (Å²) in [5.74, 6) is 0.455. The molecule has 2 rings (SSSR count). The lowest BCUT2D eigenvalue weighted by Crippen LogP contribution is -1.85. The smallest absolute Gasteiger partial charge is 0.0647 e. The van der Waals surface area contributed by atoms with Crippen molar-refractivity contribution in [3.8, 4) is 11.1 Å². The van der Waals surface area contributed by atoms with Gasteiger partial charge in [-0.2, -0.15) is 0 Å². The van der Waals surface area contributed by atoms with Gasteiger partial charge < -0.3 is 0 Å². The maximum atomic E-state index is 5.65. The van der Waals surface area contributed by atoms with Gasteiger partial charge in [-0.15, -0.1) is 11.6 Å². The van der Waals surface area contributed by atoms with Gasteiger partial charge in [-0.05, 0) is 23.8 Å². The second-order valence-corrected chi connectivity index (χ2v) is 3.17. The molecule has 3 heteroatoms. The lowest BCUT2D eigenvalue weighted by atomic mass is 10.1. The molecule has 2 aromatic rings. The van der Waals surface area contributed by atoms with Crippen molar-refractivity contribution in [2.75, 3.05) is 0 Å². The van der Waals surface area contributed by atoms with Crippen molar-refractivity contribution in [1.82, 2.24) is 9.97 Å². The van der Waals surface area contributed by atoms with Gasteiger partial charge in [0.2, 0.25) is 0 Å². The molecule has 0 aromatic carbocycles. The first-order chi connectivity index (χ1) is 6.90. The lowest BCUT2D eigenvalue weighted by molar-refractivity contribution is 1.17. The Hall–Kier alpha value is -1.41. The van der Waals surface area contributed by atoms with Crippen molar-refractivity contribution < 1.29 is 0 Å². The minimum absolute atomic E-state index is 0.455. The maximum absolute atomic E-state index is 5.65. The quantitative estimate of drug-likeness (QED) is 0.703. The summed E-state index contributed by atoms with van der Waals surface area (Å²) in [6.45, 7) is 0. The Morgan fingerprint density at radius 1 is 1.00 bits per heavy atom. The van der Waals surface area contributed by atoms with E-state index in [9.17, 15) is 0 Å². The molecule has 0 amide bonds. The fourth-order valence-corrected chi connectivity index (χ4v) is 1.38. The van der Waals surface area contributed by atoms with Gasteiger partial charge >= 0.3 is 0 Å². The van der Waals surface area contributed by atoms with Crippen LogP contribution < -0.4 is 0 Å². The van der Waals surface area contributed by atoms with Gasteiger partial charge in [0.1, 0.15) is 0 Å². The minimum atomic E-state index is 0.455. The highest BCUT2D eigenvalue weighted by atomic mass is 35.5. The number of alkyl halides is 1. The second-order valence-electron chi connectivity index (χ2n) is 2.91. The Balaban J connectivity index is 2.34. The molecule has 2 nitrogen and oxygen atoms in total. The summed E-state index contributed by atoms with van der Waals surface area (Å²) in [6, 6.07) is 7.86. The predicted molar refractivity (Wildman–Crippen MR) is 57.0 cm³/mol. The van der Waals surface area contributed by atoms with Gasteiger partial charge in [0.25, 0.3) is 0 Å². The molecule has 0 atom stereocenters. The number of rotatable bonds is 2. The summed E-state index contributed by atoms with van der Waals surface area (Å²) in [5, 5.41) is 0. The first-order valence-corrected chi connectivity index (χ1v) is 4.85. The monoisotopic (exact) mass is 204 g/mol. The van der Waals surface area contributed by atoms with Crippen LogP contribution in [0, 0.1) is 0 Å². The zero-order chi connectivity index (χ0) is 9.80. The summed E-state index contributed by atoms with van der Waals surface area (Å²) in [4.78, 5) is 8.18. The number of hydrogen-bond donors (Lipinski definition) is 0. The van der Waals surface area contributed by atoms with E-state index in [1.807, 2.05) is 30.5 Å². The van der Waals surface area contributed by atoms with Gasteiger partial charge in [0.15, 0.2) is 0 Å². The molecular weight excluding hydrogens is 196 g/mol. The number of hydrogen-bond acceptors (Lipinski definition) is 2. The zero-order valence-corrected chi connectivity index (χ0v) is 8.28. The molecule has 0 radical (unpaired) electrons. The molecule has 2 heterocycles. The van der Waals surface area contributed by atoms with Crippen LogP contribution in [0.5, 0.6) is 0 Å². The van der Waals surface area contributed by atoms with Crippen molar-refractivity contribution in [3.63, 3.8) is 0 Å². The maximum Gasteiger partial charge on any atom is 0.0647 e. The number of pyridine rings is 2. The Kier molecular flexibility index (Phi) is 2.75. The van der Waals surface area contributed by atoms with Crippen LogP contribution >= 0.6 is 11.6 Å². The van der Waals surface area contributed by atoms with Gasteiger partial charge in [-0.1, -0.05) is 6.07 Å². The molecule has 14 heavy (non-hydrogen) atoms. The molecule has 0 bridgehead atoms. The molecule has 0 N–H and O–H groups in total. The first-order valence-electron chi connectivity index (χ1n) is 4.31. The van der Waals surface area contributed by atoms with Gasteiger partial charge in [-0.3, -0.25) is 9.97 Å². The lowest BCUT2D eigenvalue weighted by Gasteiger charge is -2.00. The zero-order valence-electron chi connectivity index (χ0n) is 7.52. The average Bonchev–Trinajstić information content (AvgIpc) is 2.30. The Bertz CT molecular complexity index is 397. The molecule has 0 aliphatic rings. The highest BCUT2D eigenvalue weighted by molar-refractivity contribution is 6.16. The largest absolute Gasteiger partial charge is 0.265 e. The van der Waals surface area contributed by atoms with Crippen molar-refractivity contribution in [1.29, 1.82) is 0 Å². The third-order valence-corrected chi connectivity index (χ3v) is 2.25. The third kappa shape index (κ3) is 1.91. The van der Waals surface area contributed by atoms with Crippen LogP contribution in [0.2, 0.25) is 0 Å². The van der Waals surface area contributed by atoms with Crippen molar-refractivity contribution >= 4 is 11.6 Å². The fraction of sp³-hybridized carbons (Fsp3) is 0.0909. The topological polar surface area (TPSA) is 25.8 Å². The normalized spacial score (nSPS) is 10.1. The van der Waals surface area contributed by atoms with Crippen LogP contribution in [0.25, 0.3) is 11.1 Å². The van der Waals surface area contributed by atoms with Crippen LogP contribution in [0.4, 0.5) is 0 Å². The molecule has 0 aliphatic carbocycles. The van der Waals surface area contributed by atoms with Crippen LogP contribution in [0.3, 0.4) is 0 Å². The van der Waals surface area contributed by atoms with Gasteiger partial charge in [0, 0.05) is 24.2 Å². The van der Waals surface area contributed by atoms with Gasteiger partial charge in [0.05, 0.1) is 11.6 Å². The Labute approximate surface area is 87.6 Å². The SMILES string of the molecule is ClCc1ccc(-c2ccncc2)cn1. The third-order valence-electron chi connectivity index (χ3n) is 1.98. The van der Waals surface area contributed by atoms with E-state index in [1.165, 1.54) is 0 Å². The standard InChI is InChI=1S/C11H9ClN2/c12-7-11-2-1-10(8-14-11)9-3-5-13-6-4-9/h1-6,8H,7H2. The van der Waals surface area contributed by atoms with E-state index < -0.39 is 0 Å². The molecule has 0 aliphatic heterocycles. The molecule has 0 unspecified atom stereocenters. The van der Waals surface area contributed by atoms with E-state index >= 15 is 0 Å². The van der Waals surface area contributed by atoms with Crippen LogP contribution in [0.1, 0.15) is 5.69 Å². The van der Waals surface area contributed by atoms with Crippen LogP contribution in [-0.2, 0) is 5.88 Å². The van der Waals surface area contributed by atoms with E-state index in [2.05, 4.69) is 9.97 Å². The van der Waals surface area contributed by atoms with Crippen LogP contribution in [-0.4, -0.2) is 9.97 Å². The van der Waals surface area contributed by atoms with E-state index in [1.54, 1.807) is 12.4 Å². The molecule has 2 aromatic heterocycles. The molecule has 0 saturated carbocycles. The molecule has 0 fully saturated rings. The van der Waals surface area contributed by atoms with Gasteiger partial charge in [-0.25, -0.2) is 0 Å². The van der Waals surface area contributed by atoms with Crippen molar-refractivity contribution in [2.45, 2.75) is 5.88 Å². The molecule has 0 spiro atoms. The Morgan fingerprint density at radius 3 is 2.36 bits per heavy atom. The Morgan fingerprint density at radius 2 is 1.79 bits per heavy atom. The van der Waals surface area contributed by atoms with E-state index in [-0.39, 0.29) is 0 Å². The summed E-state index contributed by atoms with van der Waals surface area (Å²) >= 11 is 5.65. The summed E-state index contributed by atoms with van der Waals surface area (Å²) < 4.78 is 0. The van der Waals surface area contributed by atoms with Crippen LogP contribution in [0.15, 0.2) is 42.9 Å². The predicted octanol–water partition coefficient (Wildman–Crippen LogP) is 2.88. The highest BCUT2D eigenvalue weighted by Gasteiger charge is 1.97. The van der Waals surface area contributed by atoms with Crippen molar-refractivity contribution in [3.05, 3.63) is 48.5 Å². The molecule has 70 valence electrons. The average molecular weight is 205 g/mol. The van der Waals surface area contributed by atoms with E-state index in [0.717, 1.165) is 16.8 Å². The number of nitrogens with zero attached hydrogens (tertiary/aromatic N) is 2. The summed E-state index contributed by atoms with van der Waals surface area (Å²) in [6.07, 6.45) is 5.36. The fourth-order valence-electron chi connectivity index (χ4n) is 1.22. The highest BCUT2D eigenvalue weighted by Crippen LogP contribution is 2.17. The van der Waals surface area contributed by atoms with E-state index in [0.29, 0.717) is 5.88 Å². The molecule has 0 saturated heterocycles. The van der Waals surface area contributed by atoms with Crippen molar-refractivity contribution in [2.24, 2.45) is 0 Å². The molecular formula is C11H9ClN2. The van der Waals surface area contributed by atoms with E-state index in [4.69, 9.17) is 11.6 Å². The minimum Gasteiger partial charge on any atom is -0.265 e. The number of halogens is 1. The first kappa shape index (κ1) is 9.16.